The first kappa shape index (κ1) is 32.4. The highest BCUT2D eigenvalue weighted by Crippen LogP contribution is 2.41. The second-order valence-corrected chi connectivity index (χ2v) is 10.9. The van der Waals surface area contributed by atoms with E-state index in [0.717, 1.165) is 24.1 Å². The summed E-state index contributed by atoms with van der Waals surface area (Å²) in [6.07, 6.45) is -11.5. The highest BCUT2D eigenvalue weighted by atomic mass is 19.4. The van der Waals surface area contributed by atoms with Crippen LogP contribution in [0.1, 0.15) is 48.3 Å². The van der Waals surface area contributed by atoms with E-state index in [2.05, 4.69) is 0 Å². The fraction of sp³-hybridized carbons (Fsp3) is 0.500. The molecule has 43 heavy (non-hydrogen) atoms. The first-order chi connectivity index (χ1) is 19.8. The number of hydrogen-bond acceptors (Lipinski definition) is 2. The van der Waals surface area contributed by atoms with Gasteiger partial charge in [0.25, 0.3) is 0 Å². The molecule has 1 saturated carbocycles. The van der Waals surface area contributed by atoms with Crippen LogP contribution >= 0.6 is 0 Å². The van der Waals surface area contributed by atoms with Crippen molar-refractivity contribution in [3.63, 3.8) is 0 Å². The van der Waals surface area contributed by atoms with Crippen LogP contribution in [0.3, 0.4) is 0 Å². The largest absolute Gasteiger partial charge is 0.416 e. The van der Waals surface area contributed by atoms with Crippen LogP contribution in [0.2, 0.25) is 0 Å². The molecule has 2 fully saturated rings. The molecule has 3 amide bonds. The zero-order valence-electron chi connectivity index (χ0n) is 22.9. The van der Waals surface area contributed by atoms with Gasteiger partial charge in [0.05, 0.1) is 17.2 Å². The van der Waals surface area contributed by atoms with Crippen LogP contribution in [-0.2, 0) is 17.1 Å². The van der Waals surface area contributed by atoms with Gasteiger partial charge in [0, 0.05) is 63.6 Å². The van der Waals surface area contributed by atoms with E-state index < -0.39 is 89.4 Å². The lowest BCUT2D eigenvalue weighted by molar-refractivity contribution is -0.143. The Morgan fingerprint density at radius 1 is 0.860 bits per heavy atom. The molecule has 2 aliphatic rings. The SMILES string of the molecule is CN(C(=O)N(C)[C@@H]1CN(C(=O)C2CCC(F)(F)CC2)C[C@H]1c1ccc(F)cc1F)c1cc(C(F)(F)F)cc(C(F)(F)F)c1. The van der Waals surface area contributed by atoms with Gasteiger partial charge < -0.3 is 9.80 Å². The summed E-state index contributed by atoms with van der Waals surface area (Å²) in [7, 11) is 2.15. The number of likely N-dealkylation sites (N-methyl/N-ethyl adjacent to an activating group) is 1. The molecule has 15 heteroatoms. The Hall–Kier alpha value is -3.52. The van der Waals surface area contributed by atoms with Crippen molar-refractivity contribution in [2.45, 2.75) is 55.9 Å². The summed E-state index contributed by atoms with van der Waals surface area (Å²) in [6.45, 7) is -0.429. The Morgan fingerprint density at radius 3 is 1.93 bits per heavy atom. The van der Waals surface area contributed by atoms with Crippen molar-refractivity contribution in [3.8, 4) is 0 Å². The van der Waals surface area contributed by atoms with Crippen LogP contribution in [-0.4, -0.2) is 60.9 Å². The fourth-order valence-corrected chi connectivity index (χ4v) is 5.63. The average Bonchev–Trinajstić information content (AvgIpc) is 3.35. The van der Waals surface area contributed by atoms with Crippen LogP contribution in [0.4, 0.5) is 54.4 Å². The molecular weight excluding hydrogens is 600 g/mol. The van der Waals surface area contributed by atoms with Crippen molar-refractivity contribution < 1.29 is 53.5 Å². The lowest BCUT2D eigenvalue weighted by Gasteiger charge is -2.33. The molecule has 0 aromatic heterocycles. The molecular formula is C28H27F10N3O2. The van der Waals surface area contributed by atoms with Gasteiger partial charge in [-0.1, -0.05) is 6.07 Å². The minimum absolute atomic E-state index is 0.0829. The predicted octanol–water partition coefficient (Wildman–Crippen LogP) is 7.31. The first-order valence-corrected chi connectivity index (χ1v) is 13.2. The standard InChI is InChI=1S/C28H27F10N3O2/c1-39(19-10-16(27(33,34)35)9-17(11-19)28(36,37)38)25(43)40(2)23-14-41(24(42)15-5-7-26(31,32)8-6-15)13-21(23)20-4-3-18(29)12-22(20)30/h3-4,9-12,15,21,23H,5-8,13-14H2,1-2H3/t21-,23+/m0/s1. The van der Waals surface area contributed by atoms with Gasteiger partial charge in [-0.05, 0) is 42.7 Å². The molecule has 1 heterocycles. The van der Waals surface area contributed by atoms with E-state index in [1.807, 2.05) is 0 Å². The van der Waals surface area contributed by atoms with Crippen molar-refractivity contribution in [2.24, 2.45) is 5.92 Å². The molecule has 5 nitrogen and oxygen atoms in total. The maximum atomic E-state index is 14.9. The third-order valence-electron chi connectivity index (χ3n) is 8.07. The summed E-state index contributed by atoms with van der Waals surface area (Å²) in [4.78, 5) is 29.5. The zero-order valence-corrected chi connectivity index (χ0v) is 22.9. The van der Waals surface area contributed by atoms with E-state index in [0.29, 0.717) is 23.1 Å². The van der Waals surface area contributed by atoms with Gasteiger partial charge in [-0.25, -0.2) is 22.4 Å². The smallest absolute Gasteiger partial charge is 0.340 e. The van der Waals surface area contributed by atoms with E-state index in [1.54, 1.807) is 0 Å². The van der Waals surface area contributed by atoms with E-state index in [-0.39, 0.29) is 37.6 Å². The van der Waals surface area contributed by atoms with Crippen LogP contribution in [0.25, 0.3) is 0 Å². The zero-order chi connectivity index (χ0) is 32.1. The summed E-state index contributed by atoms with van der Waals surface area (Å²) >= 11 is 0. The van der Waals surface area contributed by atoms with Crippen LogP contribution in [0.5, 0.6) is 0 Å². The molecule has 4 rings (SSSR count). The lowest BCUT2D eigenvalue weighted by Crippen LogP contribution is -2.48. The minimum atomic E-state index is -5.16. The number of carbonyl (C=O) groups is 2. The number of nitrogens with zero attached hydrogens (tertiary/aromatic N) is 3. The fourth-order valence-electron chi connectivity index (χ4n) is 5.63. The second-order valence-electron chi connectivity index (χ2n) is 10.9. The number of anilines is 1. The molecule has 2 atom stereocenters. The Kier molecular flexibility index (Phi) is 8.68. The van der Waals surface area contributed by atoms with E-state index in [9.17, 15) is 53.5 Å². The molecule has 0 N–H and O–H groups in total. The van der Waals surface area contributed by atoms with E-state index >= 15 is 0 Å². The Bertz CT molecular complexity index is 1340. The molecule has 1 aliphatic carbocycles. The summed E-state index contributed by atoms with van der Waals surface area (Å²) in [6, 6.07) is 1.20. The third-order valence-corrected chi connectivity index (χ3v) is 8.07. The number of rotatable bonds is 4. The van der Waals surface area contributed by atoms with Gasteiger partial charge in [-0.3, -0.25) is 9.69 Å². The van der Waals surface area contributed by atoms with Gasteiger partial charge in [0.2, 0.25) is 11.8 Å². The van der Waals surface area contributed by atoms with Crippen molar-refractivity contribution in [3.05, 3.63) is 64.7 Å². The first-order valence-electron chi connectivity index (χ1n) is 13.2. The highest BCUT2D eigenvalue weighted by molar-refractivity contribution is 5.92. The predicted molar refractivity (Wildman–Crippen MR) is 134 cm³/mol. The maximum Gasteiger partial charge on any atom is 0.416 e. The molecule has 0 bridgehead atoms. The second kappa shape index (κ2) is 11.5. The number of benzene rings is 2. The molecule has 1 saturated heterocycles. The topological polar surface area (TPSA) is 43.9 Å². The van der Waals surface area contributed by atoms with Gasteiger partial charge >= 0.3 is 18.4 Å². The minimum Gasteiger partial charge on any atom is -0.340 e. The van der Waals surface area contributed by atoms with Crippen LogP contribution in [0, 0.1) is 17.6 Å². The molecule has 0 spiro atoms. The van der Waals surface area contributed by atoms with Crippen molar-refractivity contribution in [1.82, 2.24) is 9.80 Å². The Balaban J connectivity index is 1.65. The van der Waals surface area contributed by atoms with Crippen LogP contribution < -0.4 is 4.90 Å². The molecule has 0 radical (unpaired) electrons. The number of carbonyl (C=O) groups excluding carboxylic acids is 2. The highest BCUT2D eigenvalue weighted by Gasteiger charge is 2.45. The summed E-state index contributed by atoms with van der Waals surface area (Å²) in [5, 5.41) is 0. The van der Waals surface area contributed by atoms with E-state index in [1.165, 1.54) is 11.9 Å². The van der Waals surface area contributed by atoms with Crippen molar-refractivity contribution >= 4 is 17.6 Å². The van der Waals surface area contributed by atoms with Crippen LogP contribution in [0.15, 0.2) is 36.4 Å². The summed E-state index contributed by atoms with van der Waals surface area (Å²) in [5.41, 5.74) is -4.08. The van der Waals surface area contributed by atoms with E-state index in [4.69, 9.17) is 0 Å². The molecule has 236 valence electrons. The van der Waals surface area contributed by atoms with Gasteiger partial charge in [0.15, 0.2) is 0 Å². The Morgan fingerprint density at radius 2 is 1.42 bits per heavy atom. The molecule has 2 aromatic carbocycles. The van der Waals surface area contributed by atoms with Crippen molar-refractivity contribution in [1.29, 1.82) is 0 Å². The number of amides is 3. The maximum absolute atomic E-state index is 14.9. The molecule has 2 aromatic rings. The number of likely N-dealkylation sites (tertiary alicyclic amines) is 1. The number of alkyl halides is 8. The van der Waals surface area contributed by atoms with Gasteiger partial charge in [0.1, 0.15) is 11.6 Å². The quantitative estimate of drug-likeness (QED) is 0.334. The average molecular weight is 628 g/mol. The summed E-state index contributed by atoms with van der Waals surface area (Å²) < 4.78 is 136. The summed E-state index contributed by atoms with van der Waals surface area (Å²) in [5.74, 6) is -7.05. The number of hydrogen-bond donors (Lipinski definition) is 0. The molecule has 0 unspecified atom stereocenters. The number of urea groups is 1. The monoisotopic (exact) mass is 627 g/mol. The number of halogens is 10. The third kappa shape index (κ3) is 7.01. The molecule has 1 aliphatic heterocycles. The van der Waals surface area contributed by atoms with Gasteiger partial charge in [-0.15, -0.1) is 0 Å². The lowest BCUT2D eigenvalue weighted by atomic mass is 9.86. The Labute approximate surface area is 240 Å². The normalized spacial score (nSPS) is 21.2. The van der Waals surface area contributed by atoms with Crippen molar-refractivity contribution in [2.75, 3.05) is 32.1 Å². The van der Waals surface area contributed by atoms with Gasteiger partial charge in [-0.2, -0.15) is 26.3 Å².